The van der Waals surface area contributed by atoms with E-state index in [0.29, 0.717) is 0 Å². The van der Waals surface area contributed by atoms with Crippen LogP contribution in [0.15, 0.2) is 72.8 Å². The molecular weight excluding hydrogens is 327 g/mol. The second-order valence-corrected chi connectivity index (χ2v) is 3.89. The minimum Gasteiger partial charge on any atom is -0.290 e. The molecule has 0 unspecified atom stereocenters. The first-order valence-corrected chi connectivity index (χ1v) is 5.85. The summed E-state index contributed by atoms with van der Waals surface area (Å²) in [5.41, 5.74) is 2.05. The van der Waals surface area contributed by atoms with E-state index in [1.54, 1.807) is 12.2 Å². The minimum absolute atomic E-state index is 0. The monoisotopic (exact) mass is 340 g/mol. The van der Waals surface area contributed by atoms with Gasteiger partial charge in [0, 0.05) is 20.4 Å². The van der Waals surface area contributed by atoms with E-state index in [1.807, 2.05) is 72.8 Å². The number of rotatable bonds is 4. The van der Waals surface area contributed by atoms with Crippen LogP contribution in [0, 0.1) is 0 Å². The van der Waals surface area contributed by atoms with Crippen molar-refractivity contribution in [2.45, 2.75) is 0 Å². The molecule has 0 N–H and O–H groups in total. The van der Waals surface area contributed by atoms with Gasteiger partial charge in [-0.05, 0) is 23.3 Å². The van der Waals surface area contributed by atoms with E-state index in [4.69, 9.17) is 0 Å². The third kappa shape index (κ3) is 5.61. The van der Waals surface area contributed by atoms with Crippen molar-refractivity contribution in [2.75, 3.05) is 0 Å². The van der Waals surface area contributed by atoms with Gasteiger partial charge in [-0.25, -0.2) is 0 Å². The second-order valence-electron chi connectivity index (χ2n) is 3.89. The van der Waals surface area contributed by atoms with Crippen LogP contribution in [0.3, 0.4) is 0 Å². The summed E-state index contributed by atoms with van der Waals surface area (Å²) in [6.07, 6.45) is 6.79. The van der Waals surface area contributed by atoms with E-state index < -0.39 is 0 Å². The molecule has 0 aliphatic heterocycles. The predicted octanol–water partition coefficient (Wildman–Crippen LogP) is 3.98. The smallest absolute Gasteiger partial charge is 0.178 e. The SMILES string of the molecule is O=C(C=Cc1ccccc1)/C=C/c1ccccc1.[Pd]. The molecule has 2 rings (SSSR count). The number of benzene rings is 2. The Hall–Kier alpha value is -1.75. The number of ketones is 1. The molecule has 19 heavy (non-hydrogen) atoms. The van der Waals surface area contributed by atoms with Gasteiger partial charge < -0.3 is 0 Å². The third-order valence-corrected chi connectivity index (χ3v) is 2.48. The Labute approximate surface area is 127 Å². The molecule has 0 radical (unpaired) electrons. The molecule has 0 amide bonds. The summed E-state index contributed by atoms with van der Waals surface area (Å²) in [7, 11) is 0. The van der Waals surface area contributed by atoms with Crippen molar-refractivity contribution in [1.29, 1.82) is 0 Å². The summed E-state index contributed by atoms with van der Waals surface area (Å²) in [5, 5.41) is 0. The Morgan fingerprint density at radius 2 is 1.05 bits per heavy atom. The molecule has 0 saturated heterocycles. The largest absolute Gasteiger partial charge is 0.290 e. The van der Waals surface area contributed by atoms with Gasteiger partial charge in [0.25, 0.3) is 0 Å². The fraction of sp³-hybridized carbons (Fsp3) is 0. The van der Waals surface area contributed by atoms with Crippen LogP contribution in [-0.2, 0) is 25.2 Å². The van der Waals surface area contributed by atoms with Gasteiger partial charge in [-0.15, -0.1) is 0 Å². The van der Waals surface area contributed by atoms with Crippen molar-refractivity contribution in [3.05, 3.63) is 83.9 Å². The van der Waals surface area contributed by atoms with Crippen molar-refractivity contribution in [3.8, 4) is 0 Å². The minimum atomic E-state index is -0.0114. The van der Waals surface area contributed by atoms with Gasteiger partial charge in [0.2, 0.25) is 0 Å². The number of allylic oxidation sites excluding steroid dienone is 2. The standard InChI is InChI=1S/C17H14O.Pd/c18-17(13-11-15-7-3-1-4-8-15)14-12-16-9-5-2-6-10-16;/h1-14H;/b13-11+,14-12?;. The van der Waals surface area contributed by atoms with Crippen LogP contribution in [0.4, 0.5) is 0 Å². The maximum Gasteiger partial charge on any atom is 0.178 e. The maximum atomic E-state index is 11.6. The van der Waals surface area contributed by atoms with Crippen molar-refractivity contribution in [1.82, 2.24) is 0 Å². The molecule has 0 heterocycles. The zero-order valence-electron chi connectivity index (χ0n) is 10.3. The van der Waals surface area contributed by atoms with E-state index in [0.717, 1.165) is 11.1 Å². The molecule has 2 aromatic carbocycles. The number of hydrogen-bond acceptors (Lipinski definition) is 1. The van der Waals surface area contributed by atoms with Crippen LogP contribution in [-0.4, -0.2) is 5.78 Å². The quantitative estimate of drug-likeness (QED) is 0.608. The van der Waals surface area contributed by atoms with E-state index in [9.17, 15) is 4.79 Å². The van der Waals surface area contributed by atoms with Crippen LogP contribution in [0.5, 0.6) is 0 Å². The van der Waals surface area contributed by atoms with E-state index in [-0.39, 0.29) is 26.2 Å². The Kier molecular flexibility index (Phi) is 6.75. The van der Waals surface area contributed by atoms with Crippen molar-refractivity contribution >= 4 is 17.9 Å². The zero-order chi connectivity index (χ0) is 12.6. The Morgan fingerprint density at radius 1 is 0.684 bits per heavy atom. The van der Waals surface area contributed by atoms with Crippen molar-refractivity contribution < 1.29 is 25.2 Å². The van der Waals surface area contributed by atoms with Crippen molar-refractivity contribution in [3.63, 3.8) is 0 Å². The zero-order valence-corrected chi connectivity index (χ0v) is 11.9. The molecule has 98 valence electrons. The molecule has 2 aromatic rings. The first-order valence-electron chi connectivity index (χ1n) is 5.85. The summed E-state index contributed by atoms with van der Waals surface area (Å²) in [6, 6.07) is 19.6. The van der Waals surface area contributed by atoms with Gasteiger partial charge in [0.05, 0.1) is 0 Å². The molecule has 0 bridgehead atoms. The van der Waals surface area contributed by atoms with E-state index in [2.05, 4.69) is 0 Å². The van der Waals surface area contributed by atoms with Gasteiger partial charge in [-0.1, -0.05) is 72.8 Å². The molecule has 0 aliphatic rings. The topological polar surface area (TPSA) is 17.1 Å². The van der Waals surface area contributed by atoms with Gasteiger partial charge >= 0.3 is 0 Å². The molecule has 0 saturated carbocycles. The first-order chi connectivity index (χ1) is 8.84. The fourth-order valence-corrected chi connectivity index (χ4v) is 1.54. The summed E-state index contributed by atoms with van der Waals surface area (Å²) < 4.78 is 0. The van der Waals surface area contributed by atoms with E-state index in [1.165, 1.54) is 0 Å². The Balaban J connectivity index is 0.00000180. The van der Waals surface area contributed by atoms with E-state index >= 15 is 0 Å². The number of hydrogen-bond donors (Lipinski definition) is 0. The molecule has 0 aliphatic carbocycles. The van der Waals surface area contributed by atoms with Gasteiger partial charge in [-0.3, -0.25) is 4.79 Å². The molecule has 1 nitrogen and oxygen atoms in total. The van der Waals surface area contributed by atoms with Crippen LogP contribution >= 0.6 is 0 Å². The summed E-state index contributed by atoms with van der Waals surface area (Å²) in [4.78, 5) is 11.6. The Morgan fingerprint density at radius 3 is 1.42 bits per heavy atom. The fourth-order valence-electron chi connectivity index (χ4n) is 1.54. The molecule has 0 fully saturated rings. The van der Waals surface area contributed by atoms with Crippen molar-refractivity contribution in [2.24, 2.45) is 0 Å². The van der Waals surface area contributed by atoms with Gasteiger partial charge in [0.15, 0.2) is 5.78 Å². The number of carbonyl (C=O) groups excluding carboxylic acids is 1. The summed E-state index contributed by atoms with van der Waals surface area (Å²) in [5.74, 6) is -0.0114. The summed E-state index contributed by atoms with van der Waals surface area (Å²) >= 11 is 0. The van der Waals surface area contributed by atoms with Crippen LogP contribution < -0.4 is 0 Å². The molecule has 0 atom stereocenters. The average molecular weight is 341 g/mol. The number of carbonyl (C=O) groups is 1. The third-order valence-electron chi connectivity index (χ3n) is 2.48. The molecule has 0 spiro atoms. The maximum absolute atomic E-state index is 11.6. The van der Waals surface area contributed by atoms with Crippen LogP contribution in [0.2, 0.25) is 0 Å². The normalized spacial score (nSPS) is 10.5. The second kappa shape index (κ2) is 8.37. The van der Waals surface area contributed by atoms with Crippen LogP contribution in [0.1, 0.15) is 11.1 Å². The molecular formula is C17H14OPd. The predicted molar refractivity (Wildman–Crippen MR) is 76.0 cm³/mol. The summed E-state index contributed by atoms with van der Waals surface area (Å²) in [6.45, 7) is 0. The van der Waals surface area contributed by atoms with Gasteiger partial charge in [0.1, 0.15) is 0 Å². The average Bonchev–Trinajstić information content (AvgIpc) is 2.45. The Bertz CT molecular complexity index is 505. The molecule has 0 aromatic heterocycles. The van der Waals surface area contributed by atoms with Gasteiger partial charge in [-0.2, -0.15) is 0 Å². The first kappa shape index (κ1) is 15.3. The molecule has 2 heteroatoms. The van der Waals surface area contributed by atoms with Crippen LogP contribution in [0.25, 0.3) is 12.2 Å².